The molecule has 0 aromatic heterocycles. The number of benzene rings is 1. The standard InChI is InChI=1S/C18H25NO4/c1-18(2,3)23-17(22)15-10-9-14(11-16(20)21)19(15)12-13-7-5-4-6-8-13/h4-8,14-15H,9-12H2,1-3H3,(H,20,21)/t14-,15+/m1/s1. The third-order valence-corrected chi connectivity index (χ3v) is 3.94. The molecule has 0 unspecified atom stereocenters. The molecule has 1 aromatic rings. The lowest BCUT2D eigenvalue weighted by Crippen LogP contribution is -2.43. The molecule has 0 spiro atoms. The molecule has 1 aliphatic heterocycles. The predicted octanol–water partition coefficient (Wildman–Crippen LogP) is 2.84. The highest BCUT2D eigenvalue weighted by atomic mass is 16.6. The lowest BCUT2D eigenvalue weighted by Gasteiger charge is -2.30. The van der Waals surface area contributed by atoms with Crippen LogP contribution in [0.25, 0.3) is 0 Å². The molecule has 5 heteroatoms. The summed E-state index contributed by atoms with van der Waals surface area (Å²) in [4.78, 5) is 25.6. The Morgan fingerprint density at radius 2 is 1.87 bits per heavy atom. The van der Waals surface area contributed by atoms with Crippen molar-refractivity contribution in [2.24, 2.45) is 0 Å². The van der Waals surface area contributed by atoms with Gasteiger partial charge in [0.15, 0.2) is 0 Å². The molecule has 0 radical (unpaired) electrons. The van der Waals surface area contributed by atoms with Crippen LogP contribution in [-0.4, -0.2) is 39.6 Å². The Labute approximate surface area is 137 Å². The zero-order valence-corrected chi connectivity index (χ0v) is 14.0. The van der Waals surface area contributed by atoms with E-state index in [2.05, 4.69) is 0 Å². The summed E-state index contributed by atoms with van der Waals surface area (Å²) in [5.41, 5.74) is 0.527. The van der Waals surface area contributed by atoms with E-state index in [9.17, 15) is 9.59 Å². The molecule has 126 valence electrons. The van der Waals surface area contributed by atoms with Crippen molar-refractivity contribution < 1.29 is 19.4 Å². The summed E-state index contributed by atoms with van der Waals surface area (Å²) in [7, 11) is 0. The Bertz CT molecular complexity index is 550. The van der Waals surface area contributed by atoms with Gasteiger partial charge in [-0.2, -0.15) is 0 Å². The van der Waals surface area contributed by atoms with Crippen molar-refractivity contribution in [3.8, 4) is 0 Å². The van der Waals surface area contributed by atoms with Crippen molar-refractivity contribution in [2.45, 2.75) is 64.3 Å². The Hall–Kier alpha value is -1.88. The molecule has 2 atom stereocenters. The minimum Gasteiger partial charge on any atom is -0.481 e. The SMILES string of the molecule is CC(C)(C)OC(=O)[C@@H]1CC[C@H](CC(=O)O)N1Cc1ccccc1. The van der Waals surface area contributed by atoms with Crippen LogP contribution in [0.1, 0.15) is 45.6 Å². The fourth-order valence-corrected chi connectivity index (χ4v) is 3.01. The van der Waals surface area contributed by atoms with Gasteiger partial charge >= 0.3 is 11.9 Å². The van der Waals surface area contributed by atoms with Gasteiger partial charge in [0.2, 0.25) is 0 Å². The zero-order valence-electron chi connectivity index (χ0n) is 14.0. The second kappa shape index (κ2) is 7.13. The average molecular weight is 319 g/mol. The number of hydrogen-bond donors (Lipinski definition) is 1. The monoisotopic (exact) mass is 319 g/mol. The molecule has 2 rings (SSSR count). The average Bonchev–Trinajstić information content (AvgIpc) is 2.80. The molecule has 1 aromatic carbocycles. The van der Waals surface area contributed by atoms with Crippen molar-refractivity contribution in [1.29, 1.82) is 0 Å². The molecule has 1 N–H and O–H groups in total. The van der Waals surface area contributed by atoms with E-state index in [1.807, 2.05) is 56.0 Å². The summed E-state index contributed by atoms with van der Waals surface area (Å²) in [5, 5.41) is 9.13. The first-order valence-electron chi connectivity index (χ1n) is 8.00. The van der Waals surface area contributed by atoms with Crippen molar-refractivity contribution in [2.75, 3.05) is 0 Å². The minimum absolute atomic E-state index is 0.0477. The first-order chi connectivity index (χ1) is 10.8. The number of carbonyl (C=O) groups excluding carboxylic acids is 1. The quantitative estimate of drug-likeness (QED) is 0.845. The van der Waals surface area contributed by atoms with Crippen molar-refractivity contribution in [1.82, 2.24) is 4.90 Å². The maximum absolute atomic E-state index is 12.5. The van der Waals surface area contributed by atoms with Gasteiger partial charge in [-0.3, -0.25) is 14.5 Å². The van der Waals surface area contributed by atoms with Crippen LogP contribution in [0.4, 0.5) is 0 Å². The molecule has 0 saturated carbocycles. The van der Waals surface area contributed by atoms with E-state index < -0.39 is 11.6 Å². The largest absolute Gasteiger partial charge is 0.481 e. The van der Waals surface area contributed by atoms with Crippen LogP contribution in [0.2, 0.25) is 0 Å². The fraction of sp³-hybridized carbons (Fsp3) is 0.556. The Morgan fingerprint density at radius 3 is 2.43 bits per heavy atom. The highest BCUT2D eigenvalue weighted by Gasteiger charge is 2.40. The van der Waals surface area contributed by atoms with Gasteiger partial charge in [-0.05, 0) is 39.2 Å². The van der Waals surface area contributed by atoms with Crippen molar-refractivity contribution in [3.63, 3.8) is 0 Å². The number of ether oxygens (including phenoxy) is 1. The third-order valence-electron chi connectivity index (χ3n) is 3.94. The van der Waals surface area contributed by atoms with Crippen LogP contribution in [-0.2, 0) is 20.9 Å². The molecular weight excluding hydrogens is 294 g/mol. The van der Waals surface area contributed by atoms with E-state index in [0.717, 1.165) is 5.56 Å². The van der Waals surface area contributed by atoms with E-state index >= 15 is 0 Å². The number of likely N-dealkylation sites (tertiary alicyclic amines) is 1. The summed E-state index contributed by atoms with van der Waals surface area (Å²) >= 11 is 0. The maximum atomic E-state index is 12.5. The highest BCUT2D eigenvalue weighted by Crippen LogP contribution is 2.30. The molecule has 1 fully saturated rings. The topological polar surface area (TPSA) is 66.8 Å². The molecule has 5 nitrogen and oxygen atoms in total. The summed E-state index contributed by atoms with van der Waals surface area (Å²) in [6.07, 6.45) is 1.38. The summed E-state index contributed by atoms with van der Waals surface area (Å²) in [6.45, 7) is 6.09. The fourth-order valence-electron chi connectivity index (χ4n) is 3.01. The number of carboxylic acid groups (broad SMARTS) is 1. The molecule has 1 saturated heterocycles. The summed E-state index contributed by atoms with van der Waals surface area (Å²) < 4.78 is 5.51. The second-order valence-corrected chi connectivity index (χ2v) is 7.04. The molecule has 0 amide bonds. The smallest absolute Gasteiger partial charge is 0.323 e. The molecule has 0 bridgehead atoms. The molecular formula is C18H25NO4. The highest BCUT2D eigenvalue weighted by molar-refractivity contribution is 5.77. The molecule has 1 aliphatic rings. The lowest BCUT2D eigenvalue weighted by molar-refractivity contribution is -0.161. The normalized spacial score (nSPS) is 22.0. The van der Waals surface area contributed by atoms with Crippen LogP contribution < -0.4 is 0 Å². The van der Waals surface area contributed by atoms with Crippen LogP contribution in [0.3, 0.4) is 0 Å². The van der Waals surface area contributed by atoms with Crippen LogP contribution >= 0.6 is 0 Å². The summed E-state index contributed by atoms with van der Waals surface area (Å²) in [5.74, 6) is -1.10. The molecule has 1 heterocycles. The van der Waals surface area contributed by atoms with E-state index in [1.54, 1.807) is 0 Å². The number of aliphatic carboxylic acids is 1. The summed E-state index contributed by atoms with van der Waals surface area (Å²) in [6, 6.07) is 9.29. The first-order valence-corrected chi connectivity index (χ1v) is 8.00. The Balaban J connectivity index is 2.16. The van der Waals surface area contributed by atoms with E-state index in [4.69, 9.17) is 9.84 Å². The van der Waals surface area contributed by atoms with Crippen LogP contribution in [0.15, 0.2) is 30.3 Å². The van der Waals surface area contributed by atoms with E-state index in [-0.39, 0.29) is 24.5 Å². The minimum atomic E-state index is -0.835. The number of hydrogen-bond acceptors (Lipinski definition) is 4. The van der Waals surface area contributed by atoms with Crippen molar-refractivity contribution in [3.05, 3.63) is 35.9 Å². The lowest BCUT2D eigenvalue weighted by atomic mass is 10.1. The van der Waals surface area contributed by atoms with Gasteiger partial charge < -0.3 is 9.84 Å². The molecule has 23 heavy (non-hydrogen) atoms. The number of esters is 1. The van der Waals surface area contributed by atoms with Crippen LogP contribution in [0, 0.1) is 0 Å². The number of nitrogens with zero attached hydrogens (tertiary/aromatic N) is 1. The van der Waals surface area contributed by atoms with E-state index in [0.29, 0.717) is 19.4 Å². The second-order valence-electron chi connectivity index (χ2n) is 7.04. The first kappa shape index (κ1) is 17.5. The van der Waals surface area contributed by atoms with Gasteiger partial charge in [0, 0.05) is 12.6 Å². The van der Waals surface area contributed by atoms with Crippen molar-refractivity contribution >= 4 is 11.9 Å². The van der Waals surface area contributed by atoms with Gasteiger partial charge in [0.1, 0.15) is 11.6 Å². The van der Waals surface area contributed by atoms with Gasteiger partial charge in [-0.15, -0.1) is 0 Å². The maximum Gasteiger partial charge on any atom is 0.323 e. The number of carboxylic acids is 1. The Morgan fingerprint density at radius 1 is 1.22 bits per heavy atom. The van der Waals surface area contributed by atoms with Gasteiger partial charge in [0.05, 0.1) is 6.42 Å². The Kier molecular flexibility index (Phi) is 5.42. The zero-order chi connectivity index (χ0) is 17.0. The van der Waals surface area contributed by atoms with Gasteiger partial charge in [-0.25, -0.2) is 0 Å². The number of carbonyl (C=O) groups is 2. The van der Waals surface area contributed by atoms with Gasteiger partial charge in [-0.1, -0.05) is 30.3 Å². The number of rotatable bonds is 5. The van der Waals surface area contributed by atoms with Gasteiger partial charge in [0.25, 0.3) is 0 Å². The van der Waals surface area contributed by atoms with Crippen LogP contribution in [0.5, 0.6) is 0 Å². The van der Waals surface area contributed by atoms with E-state index in [1.165, 1.54) is 0 Å². The third kappa shape index (κ3) is 5.06. The predicted molar refractivity (Wildman–Crippen MR) is 86.9 cm³/mol. The molecule has 0 aliphatic carbocycles.